The Morgan fingerprint density at radius 1 is 1.12 bits per heavy atom. The lowest BCUT2D eigenvalue weighted by molar-refractivity contribution is 0.0932. The molecule has 0 bridgehead atoms. The molecule has 0 saturated carbocycles. The predicted octanol–water partition coefficient (Wildman–Crippen LogP) is 3.18. The molecule has 1 atom stereocenters. The van der Waals surface area contributed by atoms with Gasteiger partial charge in [0.05, 0.1) is 12.4 Å². The van der Waals surface area contributed by atoms with Crippen LogP contribution in [0.5, 0.6) is 0 Å². The molecule has 1 amide bonds. The van der Waals surface area contributed by atoms with E-state index in [0.717, 1.165) is 17.7 Å². The molecular weight excluding hydrogens is 326 g/mol. The van der Waals surface area contributed by atoms with Crippen LogP contribution in [0.25, 0.3) is 0 Å². The normalized spacial score (nSPS) is 11.9. The Kier molecular flexibility index (Phi) is 6.17. The van der Waals surface area contributed by atoms with Crippen LogP contribution in [0.1, 0.15) is 40.4 Å². The fourth-order valence-corrected chi connectivity index (χ4v) is 2.90. The molecule has 1 unspecified atom stereocenters. The van der Waals surface area contributed by atoms with Crippen molar-refractivity contribution in [3.63, 3.8) is 0 Å². The van der Waals surface area contributed by atoms with Crippen LogP contribution in [-0.4, -0.2) is 27.2 Å². The summed E-state index contributed by atoms with van der Waals surface area (Å²) in [4.78, 5) is 16.7. The first-order valence-electron chi connectivity index (χ1n) is 8.77. The van der Waals surface area contributed by atoms with E-state index in [1.165, 1.54) is 0 Å². The number of hydrogen-bond acceptors (Lipinski definition) is 3. The van der Waals surface area contributed by atoms with E-state index >= 15 is 0 Å². The zero-order valence-electron chi connectivity index (χ0n) is 14.6. The second kappa shape index (κ2) is 8.97. The number of aliphatic hydroxyl groups is 1. The molecule has 134 valence electrons. The molecule has 5 heteroatoms. The molecule has 2 aromatic carbocycles. The van der Waals surface area contributed by atoms with Crippen LogP contribution in [0.15, 0.2) is 73.3 Å². The van der Waals surface area contributed by atoms with Crippen molar-refractivity contribution < 1.29 is 9.90 Å². The molecule has 5 nitrogen and oxygen atoms in total. The summed E-state index contributed by atoms with van der Waals surface area (Å²) in [5.41, 5.74) is 2.79. The first kappa shape index (κ1) is 17.9. The van der Waals surface area contributed by atoms with Gasteiger partial charge in [-0.1, -0.05) is 42.5 Å². The number of benzene rings is 2. The van der Waals surface area contributed by atoms with Crippen molar-refractivity contribution in [2.45, 2.75) is 25.4 Å². The molecule has 0 aliphatic carbocycles. The summed E-state index contributed by atoms with van der Waals surface area (Å²) in [5, 5.41) is 12.2. The van der Waals surface area contributed by atoms with Crippen LogP contribution in [0.4, 0.5) is 0 Å². The van der Waals surface area contributed by atoms with Crippen molar-refractivity contribution in [3.8, 4) is 0 Å². The number of amides is 1. The Morgan fingerprint density at radius 3 is 2.54 bits per heavy atom. The molecule has 3 aromatic rings. The lowest BCUT2D eigenvalue weighted by Crippen LogP contribution is -2.28. The number of carbonyl (C=O) groups is 1. The standard InChI is InChI=1S/C21H23N3O2/c25-14-4-7-20(18-5-2-1-3-6-18)23-21(26)19-10-8-17(9-11-19)15-24-13-12-22-16-24/h1-3,5-6,8-13,16,20,25H,4,7,14-15H2,(H,23,26). The van der Waals surface area contributed by atoms with Gasteiger partial charge in [-0.15, -0.1) is 0 Å². The highest BCUT2D eigenvalue weighted by atomic mass is 16.3. The highest BCUT2D eigenvalue weighted by molar-refractivity contribution is 5.94. The van der Waals surface area contributed by atoms with Gasteiger partial charge in [0.1, 0.15) is 0 Å². The molecule has 1 heterocycles. The number of rotatable bonds is 8. The zero-order valence-corrected chi connectivity index (χ0v) is 14.6. The Balaban J connectivity index is 1.66. The molecule has 26 heavy (non-hydrogen) atoms. The van der Waals surface area contributed by atoms with E-state index in [-0.39, 0.29) is 18.6 Å². The predicted molar refractivity (Wildman–Crippen MR) is 101 cm³/mol. The number of nitrogens with one attached hydrogen (secondary N) is 1. The van der Waals surface area contributed by atoms with Gasteiger partial charge in [-0.3, -0.25) is 4.79 Å². The van der Waals surface area contributed by atoms with Crippen LogP contribution in [0.2, 0.25) is 0 Å². The second-order valence-electron chi connectivity index (χ2n) is 6.23. The van der Waals surface area contributed by atoms with Gasteiger partial charge in [-0.25, -0.2) is 4.98 Å². The quantitative estimate of drug-likeness (QED) is 0.656. The molecule has 0 spiro atoms. The maximum Gasteiger partial charge on any atom is 0.251 e. The molecule has 3 rings (SSSR count). The fourth-order valence-electron chi connectivity index (χ4n) is 2.90. The highest BCUT2D eigenvalue weighted by Gasteiger charge is 2.15. The number of aliphatic hydroxyl groups excluding tert-OH is 1. The molecule has 0 aliphatic rings. The van der Waals surface area contributed by atoms with Crippen LogP contribution in [-0.2, 0) is 6.54 Å². The Morgan fingerprint density at radius 2 is 1.88 bits per heavy atom. The fraction of sp³-hybridized carbons (Fsp3) is 0.238. The Labute approximate surface area is 153 Å². The summed E-state index contributed by atoms with van der Waals surface area (Å²) in [6, 6.07) is 17.4. The first-order chi connectivity index (χ1) is 12.8. The highest BCUT2D eigenvalue weighted by Crippen LogP contribution is 2.19. The maximum atomic E-state index is 12.6. The summed E-state index contributed by atoms with van der Waals surface area (Å²) in [6.45, 7) is 0.840. The van der Waals surface area contributed by atoms with E-state index in [2.05, 4.69) is 10.3 Å². The Hall–Kier alpha value is -2.92. The second-order valence-corrected chi connectivity index (χ2v) is 6.23. The van der Waals surface area contributed by atoms with Gasteiger partial charge >= 0.3 is 0 Å². The number of imidazole rings is 1. The van der Waals surface area contributed by atoms with Crippen LogP contribution in [0.3, 0.4) is 0 Å². The van der Waals surface area contributed by atoms with Crippen molar-refractivity contribution in [1.29, 1.82) is 0 Å². The summed E-state index contributed by atoms with van der Waals surface area (Å²) in [5.74, 6) is -0.106. The van der Waals surface area contributed by atoms with Crippen molar-refractivity contribution in [2.75, 3.05) is 6.61 Å². The molecule has 2 N–H and O–H groups in total. The molecule has 0 radical (unpaired) electrons. The van der Waals surface area contributed by atoms with Gasteiger partial charge in [0.15, 0.2) is 0 Å². The van der Waals surface area contributed by atoms with Gasteiger partial charge in [0, 0.05) is 31.1 Å². The average Bonchev–Trinajstić information content (AvgIpc) is 3.19. The van der Waals surface area contributed by atoms with E-state index in [4.69, 9.17) is 5.11 Å². The largest absolute Gasteiger partial charge is 0.396 e. The van der Waals surface area contributed by atoms with Gasteiger partial charge < -0.3 is 15.0 Å². The third-order valence-electron chi connectivity index (χ3n) is 4.30. The van der Waals surface area contributed by atoms with Crippen molar-refractivity contribution in [3.05, 3.63) is 90.0 Å². The van der Waals surface area contributed by atoms with Gasteiger partial charge in [0.2, 0.25) is 0 Å². The van der Waals surface area contributed by atoms with Gasteiger partial charge in [-0.2, -0.15) is 0 Å². The van der Waals surface area contributed by atoms with Crippen molar-refractivity contribution >= 4 is 5.91 Å². The van der Waals surface area contributed by atoms with E-state index in [9.17, 15) is 4.79 Å². The summed E-state index contributed by atoms with van der Waals surface area (Å²) < 4.78 is 1.98. The summed E-state index contributed by atoms with van der Waals surface area (Å²) in [7, 11) is 0. The molecule has 1 aromatic heterocycles. The summed E-state index contributed by atoms with van der Waals surface area (Å²) >= 11 is 0. The minimum Gasteiger partial charge on any atom is -0.396 e. The molecule has 0 saturated heterocycles. The van der Waals surface area contributed by atoms with Crippen LogP contribution in [0, 0.1) is 0 Å². The third kappa shape index (κ3) is 4.80. The zero-order chi connectivity index (χ0) is 18.2. The van der Waals surface area contributed by atoms with Crippen LogP contribution < -0.4 is 5.32 Å². The summed E-state index contributed by atoms with van der Waals surface area (Å²) in [6.07, 6.45) is 6.77. The Bertz CT molecular complexity index is 799. The van der Waals surface area contributed by atoms with Gasteiger partial charge in [0.25, 0.3) is 5.91 Å². The molecule has 0 fully saturated rings. The number of aromatic nitrogens is 2. The van der Waals surface area contributed by atoms with Gasteiger partial charge in [-0.05, 0) is 36.1 Å². The molecular formula is C21H23N3O2. The number of carbonyl (C=O) groups excluding carboxylic acids is 1. The number of hydrogen-bond donors (Lipinski definition) is 2. The van der Waals surface area contributed by atoms with E-state index < -0.39 is 0 Å². The molecule has 0 aliphatic heterocycles. The average molecular weight is 349 g/mol. The lowest BCUT2D eigenvalue weighted by Gasteiger charge is -2.19. The minimum absolute atomic E-state index is 0.106. The van der Waals surface area contributed by atoms with Crippen LogP contribution >= 0.6 is 0 Å². The number of nitrogens with zero attached hydrogens (tertiary/aromatic N) is 2. The third-order valence-corrected chi connectivity index (χ3v) is 4.30. The maximum absolute atomic E-state index is 12.6. The van der Waals surface area contributed by atoms with Crippen molar-refractivity contribution in [1.82, 2.24) is 14.9 Å². The van der Waals surface area contributed by atoms with E-state index in [0.29, 0.717) is 18.4 Å². The van der Waals surface area contributed by atoms with E-state index in [1.54, 1.807) is 12.5 Å². The first-order valence-corrected chi connectivity index (χ1v) is 8.77. The SMILES string of the molecule is O=C(NC(CCCO)c1ccccc1)c1ccc(Cn2ccnc2)cc1. The topological polar surface area (TPSA) is 67.2 Å². The van der Waals surface area contributed by atoms with E-state index in [1.807, 2.05) is 65.4 Å². The smallest absolute Gasteiger partial charge is 0.251 e. The van der Waals surface area contributed by atoms with Crippen molar-refractivity contribution in [2.24, 2.45) is 0 Å². The minimum atomic E-state index is -0.110. The monoisotopic (exact) mass is 349 g/mol. The lowest BCUT2D eigenvalue weighted by atomic mass is 10.0.